The summed E-state index contributed by atoms with van der Waals surface area (Å²) in [5.41, 5.74) is 1.21. The normalized spacial score (nSPS) is 13.1. The van der Waals surface area contributed by atoms with Gasteiger partial charge in [0.05, 0.1) is 0 Å². The third kappa shape index (κ3) is 4.36. The molecule has 1 unspecified atom stereocenters. The Balaban J connectivity index is 2.73. The molecule has 1 aromatic carbocycles. The maximum Gasteiger partial charge on any atom is 0.0454 e. The van der Waals surface area contributed by atoms with E-state index >= 15 is 0 Å². The first-order valence-corrected chi connectivity index (χ1v) is 7.17. The van der Waals surface area contributed by atoms with Crippen LogP contribution in [0.2, 0.25) is 5.02 Å². The molecule has 0 aliphatic rings. The van der Waals surface area contributed by atoms with E-state index in [-0.39, 0.29) is 0 Å². The van der Waals surface area contributed by atoms with Crippen LogP contribution in [0.1, 0.15) is 32.4 Å². The summed E-state index contributed by atoms with van der Waals surface area (Å²) in [5.74, 6) is 1.06. The largest absolute Gasteiger partial charge is 0.309 e. The van der Waals surface area contributed by atoms with E-state index in [2.05, 4.69) is 32.2 Å². The molecule has 0 aromatic heterocycles. The van der Waals surface area contributed by atoms with Crippen LogP contribution in [0, 0.1) is 0 Å². The van der Waals surface area contributed by atoms with Crippen LogP contribution in [0.5, 0.6) is 0 Å². The van der Waals surface area contributed by atoms with Crippen LogP contribution in [0.3, 0.4) is 0 Å². The summed E-state index contributed by atoms with van der Waals surface area (Å²) in [5, 5.41) is 5.01. The van der Waals surface area contributed by atoms with Gasteiger partial charge >= 0.3 is 0 Å². The fraction of sp³-hybridized carbons (Fsp3) is 0.538. The quantitative estimate of drug-likeness (QED) is 0.822. The Morgan fingerprint density at radius 2 is 2.00 bits per heavy atom. The average molecular weight is 258 g/mol. The summed E-state index contributed by atoms with van der Waals surface area (Å²) < 4.78 is 0. The van der Waals surface area contributed by atoms with Gasteiger partial charge in [0.2, 0.25) is 0 Å². The molecule has 0 radical (unpaired) electrons. The first kappa shape index (κ1) is 13.9. The van der Waals surface area contributed by atoms with Crippen molar-refractivity contribution < 1.29 is 0 Å². The first-order valence-electron chi connectivity index (χ1n) is 5.74. The van der Waals surface area contributed by atoms with Gasteiger partial charge < -0.3 is 5.32 Å². The predicted octanol–water partition coefficient (Wildman–Crippen LogP) is 4.13. The molecule has 1 nitrogen and oxygen atoms in total. The average Bonchev–Trinajstić information content (AvgIpc) is 2.25. The van der Waals surface area contributed by atoms with E-state index in [1.54, 1.807) is 0 Å². The van der Waals surface area contributed by atoms with Crippen molar-refractivity contribution in [3.8, 4) is 0 Å². The molecule has 1 N–H and O–H groups in total. The number of nitrogens with one attached hydrogen (secondary N) is 1. The van der Waals surface area contributed by atoms with Crippen molar-refractivity contribution in [2.75, 3.05) is 12.3 Å². The number of rotatable bonds is 6. The zero-order valence-electron chi connectivity index (χ0n) is 10.2. The Kier molecular flexibility index (Phi) is 6.25. The lowest BCUT2D eigenvalue weighted by Crippen LogP contribution is -2.23. The third-order valence-corrected chi connectivity index (χ3v) is 3.86. The maximum absolute atomic E-state index is 6.22. The maximum atomic E-state index is 6.22. The van der Waals surface area contributed by atoms with E-state index in [0.717, 1.165) is 17.3 Å². The van der Waals surface area contributed by atoms with Crippen LogP contribution in [-0.2, 0) is 0 Å². The molecule has 3 heteroatoms. The highest BCUT2D eigenvalue weighted by atomic mass is 35.5. The molecule has 0 saturated heterocycles. The number of hydrogen-bond acceptors (Lipinski definition) is 2. The molecule has 1 rings (SSSR count). The number of halogens is 1. The molecule has 0 saturated carbocycles. The molecule has 16 heavy (non-hydrogen) atoms. The van der Waals surface area contributed by atoms with Gasteiger partial charge in [0.25, 0.3) is 0 Å². The van der Waals surface area contributed by atoms with Gasteiger partial charge in [-0.2, -0.15) is 11.8 Å². The number of thioether (sulfide) groups is 1. The van der Waals surface area contributed by atoms with Crippen molar-refractivity contribution >= 4 is 23.4 Å². The lowest BCUT2D eigenvalue weighted by molar-refractivity contribution is 0.605. The van der Waals surface area contributed by atoms with Crippen LogP contribution in [0.15, 0.2) is 24.3 Å². The predicted molar refractivity (Wildman–Crippen MR) is 75.5 cm³/mol. The molecule has 0 heterocycles. The highest BCUT2D eigenvalue weighted by Crippen LogP contribution is 2.26. The second-order valence-corrected chi connectivity index (χ2v) is 6.03. The molecule has 0 bridgehead atoms. The Bertz CT molecular complexity index is 315. The highest BCUT2D eigenvalue weighted by molar-refractivity contribution is 7.99. The summed E-state index contributed by atoms with van der Waals surface area (Å²) >= 11 is 8.18. The SMILES string of the molecule is CCNC(CSC(C)C)c1ccccc1Cl. The van der Waals surface area contributed by atoms with E-state index < -0.39 is 0 Å². The van der Waals surface area contributed by atoms with Crippen molar-refractivity contribution in [2.45, 2.75) is 32.1 Å². The lowest BCUT2D eigenvalue weighted by atomic mass is 10.1. The van der Waals surface area contributed by atoms with Crippen LogP contribution < -0.4 is 5.32 Å². The van der Waals surface area contributed by atoms with Gasteiger partial charge in [-0.1, -0.05) is 50.6 Å². The zero-order valence-corrected chi connectivity index (χ0v) is 11.7. The summed E-state index contributed by atoms with van der Waals surface area (Å²) in [6.07, 6.45) is 0. The van der Waals surface area contributed by atoms with Gasteiger partial charge in [-0.25, -0.2) is 0 Å². The summed E-state index contributed by atoms with van der Waals surface area (Å²) in [4.78, 5) is 0. The summed E-state index contributed by atoms with van der Waals surface area (Å²) in [6.45, 7) is 7.54. The fourth-order valence-corrected chi connectivity index (χ4v) is 2.69. The monoisotopic (exact) mass is 257 g/mol. The van der Waals surface area contributed by atoms with Crippen LogP contribution >= 0.6 is 23.4 Å². The van der Waals surface area contributed by atoms with Gasteiger partial charge in [-0.05, 0) is 23.4 Å². The third-order valence-electron chi connectivity index (χ3n) is 2.33. The van der Waals surface area contributed by atoms with Crippen molar-refractivity contribution in [1.29, 1.82) is 0 Å². The number of benzene rings is 1. The van der Waals surface area contributed by atoms with Crippen molar-refractivity contribution in [1.82, 2.24) is 5.32 Å². The van der Waals surface area contributed by atoms with E-state index in [0.29, 0.717) is 11.3 Å². The van der Waals surface area contributed by atoms with E-state index in [1.807, 2.05) is 30.0 Å². The number of hydrogen-bond donors (Lipinski definition) is 1. The van der Waals surface area contributed by atoms with Gasteiger partial charge in [-0.3, -0.25) is 0 Å². The molecule has 0 spiro atoms. The Labute approximate surface area is 108 Å². The molecule has 0 fully saturated rings. The van der Waals surface area contributed by atoms with E-state index in [1.165, 1.54) is 5.56 Å². The topological polar surface area (TPSA) is 12.0 Å². The molecule has 90 valence electrons. The second-order valence-electron chi connectivity index (χ2n) is 4.01. The standard InChI is InChI=1S/C13H20ClNS/c1-4-15-13(9-16-10(2)3)11-7-5-6-8-12(11)14/h5-8,10,13,15H,4,9H2,1-3H3. The van der Waals surface area contributed by atoms with Crippen LogP contribution in [0.4, 0.5) is 0 Å². The van der Waals surface area contributed by atoms with Crippen molar-refractivity contribution in [2.24, 2.45) is 0 Å². The Morgan fingerprint density at radius 3 is 2.56 bits per heavy atom. The highest BCUT2D eigenvalue weighted by Gasteiger charge is 2.13. The first-order chi connectivity index (χ1) is 7.65. The van der Waals surface area contributed by atoms with Crippen LogP contribution in [-0.4, -0.2) is 17.5 Å². The van der Waals surface area contributed by atoms with Crippen LogP contribution in [0.25, 0.3) is 0 Å². The minimum absolute atomic E-state index is 0.353. The molecular formula is C13H20ClNS. The molecule has 1 aromatic rings. The Hall–Kier alpha value is -0.180. The van der Waals surface area contributed by atoms with Gasteiger partial charge in [0.15, 0.2) is 0 Å². The van der Waals surface area contributed by atoms with E-state index in [4.69, 9.17) is 11.6 Å². The molecular weight excluding hydrogens is 238 g/mol. The van der Waals surface area contributed by atoms with Gasteiger partial charge in [0, 0.05) is 16.8 Å². The molecule has 0 amide bonds. The minimum Gasteiger partial charge on any atom is -0.309 e. The lowest BCUT2D eigenvalue weighted by Gasteiger charge is -2.20. The van der Waals surface area contributed by atoms with Crippen molar-refractivity contribution in [3.05, 3.63) is 34.9 Å². The molecule has 0 aliphatic carbocycles. The van der Waals surface area contributed by atoms with E-state index in [9.17, 15) is 0 Å². The smallest absolute Gasteiger partial charge is 0.0454 e. The fourth-order valence-electron chi connectivity index (χ4n) is 1.55. The molecule has 1 atom stereocenters. The molecule has 0 aliphatic heterocycles. The summed E-state index contributed by atoms with van der Waals surface area (Å²) in [7, 11) is 0. The van der Waals surface area contributed by atoms with Crippen molar-refractivity contribution in [3.63, 3.8) is 0 Å². The Morgan fingerprint density at radius 1 is 1.31 bits per heavy atom. The summed E-state index contributed by atoms with van der Waals surface area (Å²) in [6, 6.07) is 8.44. The zero-order chi connectivity index (χ0) is 12.0. The second kappa shape index (κ2) is 7.21. The minimum atomic E-state index is 0.353. The van der Waals surface area contributed by atoms with Gasteiger partial charge in [0.1, 0.15) is 0 Å². The van der Waals surface area contributed by atoms with Gasteiger partial charge in [-0.15, -0.1) is 0 Å².